The molecule has 2 heteroatoms. The van der Waals surface area contributed by atoms with Crippen LogP contribution in [0.1, 0.15) is 37.7 Å². The van der Waals surface area contributed by atoms with Crippen molar-refractivity contribution < 1.29 is 9.90 Å². The third kappa shape index (κ3) is 3.21. The maximum absolute atomic E-state index is 10.7. The van der Waals surface area contributed by atoms with Crippen molar-refractivity contribution in [2.45, 2.75) is 32.1 Å². The summed E-state index contributed by atoms with van der Waals surface area (Å²) < 4.78 is 0. The quantitative estimate of drug-likeness (QED) is 0.778. The number of carboxylic acids is 1. The van der Waals surface area contributed by atoms with Crippen molar-refractivity contribution in [2.24, 2.45) is 0 Å². The van der Waals surface area contributed by atoms with Gasteiger partial charge in [-0.15, -0.1) is 0 Å². The van der Waals surface area contributed by atoms with Gasteiger partial charge in [0.25, 0.3) is 0 Å². The van der Waals surface area contributed by atoms with Crippen molar-refractivity contribution in [3.8, 4) is 0 Å². The number of rotatable bonds is 5. The predicted octanol–water partition coefficient (Wildman–Crippen LogP) is 3.05. The Labute approximate surface area is 84.6 Å². The monoisotopic (exact) mass is 192 g/mol. The highest BCUT2D eigenvalue weighted by Crippen LogP contribution is 2.24. The molecule has 1 rings (SSSR count). The van der Waals surface area contributed by atoms with E-state index in [1.54, 1.807) is 0 Å². The first-order valence-electron chi connectivity index (χ1n) is 5.00. The number of carbonyl (C=O) groups is 1. The largest absolute Gasteiger partial charge is 0.481 e. The minimum atomic E-state index is -0.715. The molecule has 0 fully saturated rings. The summed E-state index contributed by atoms with van der Waals surface area (Å²) in [5.74, 6) is -0.550. The second-order valence-electron chi connectivity index (χ2n) is 3.49. The number of hydrogen-bond acceptors (Lipinski definition) is 1. The fraction of sp³-hybridized carbons (Fsp3) is 0.417. The Balaban J connectivity index is 2.72. The lowest BCUT2D eigenvalue weighted by molar-refractivity contribution is -0.137. The average Bonchev–Trinajstić information content (AvgIpc) is 2.18. The maximum atomic E-state index is 10.7. The topological polar surface area (TPSA) is 37.3 Å². The Morgan fingerprint density at radius 2 is 2.00 bits per heavy atom. The molecule has 0 saturated carbocycles. The summed E-state index contributed by atoms with van der Waals surface area (Å²) in [4.78, 5) is 10.7. The predicted molar refractivity (Wildman–Crippen MR) is 56.3 cm³/mol. The van der Waals surface area contributed by atoms with E-state index in [4.69, 9.17) is 5.11 Å². The van der Waals surface area contributed by atoms with Crippen LogP contribution < -0.4 is 0 Å². The summed E-state index contributed by atoms with van der Waals surface area (Å²) in [6, 6.07) is 9.87. The maximum Gasteiger partial charge on any atom is 0.303 e. The highest BCUT2D eigenvalue weighted by atomic mass is 16.4. The van der Waals surface area contributed by atoms with Crippen LogP contribution in [0, 0.1) is 0 Å². The Morgan fingerprint density at radius 3 is 2.50 bits per heavy atom. The van der Waals surface area contributed by atoms with Gasteiger partial charge in [-0.05, 0) is 17.9 Å². The van der Waals surface area contributed by atoms with E-state index in [1.807, 2.05) is 30.3 Å². The molecule has 0 amide bonds. The molecule has 1 aromatic carbocycles. The van der Waals surface area contributed by atoms with Crippen molar-refractivity contribution in [1.29, 1.82) is 0 Å². The Bertz CT molecular complexity index is 280. The van der Waals surface area contributed by atoms with Gasteiger partial charge in [-0.1, -0.05) is 43.7 Å². The van der Waals surface area contributed by atoms with Crippen molar-refractivity contribution in [3.05, 3.63) is 35.9 Å². The molecule has 0 aliphatic heterocycles. The van der Waals surface area contributed by atoms with Crippen LogP contribution in [0.5, 0.6) is 0 Å². The molecule has 0 radical (unpaired) electrons. The van der Waals surface area contributed by atoms with E-state index in [1.165, 1.54) is 0 Å². The number of aliphatic carboxylic acids is 1. The standard InChI is InChI=1S/C12H16O2/c1-2-6-11(9-12(13)14)10-7-4-3-5-8-10/h3-5,7-8,11H,2,6,9H2,1H3,(H,13,14). The SMILES string of the molecule is CCCC(CC(=O)O)c1ccccc1. The van der Waals surface area contributed by atoms with Gasteiger partial charge in [-0.3, -0.25) is 4.79 Å². The molecule has 1 atom stereocenters. The van der Waals surface area contributed by atoms with E-state index in [-0.39, 0.29) is 12.3 Å². The van der Waals surface area contributed by atoms with Crippen LogP contribution in [0.4, 0.5) is 0 Å². The summed E-state index contributed by atoms with van der Waals surface area (Å²) in [6.45, 7) is 2.08. The average molecular weight is 192 g/mol. The Hall–Kier alpha value is -1.31. The fourth-order valence-corrected chi connectivity index (χ4v) is 1.67. The lowest BCUT2D eigenvalue weighted by atomic mass is 9.92. The van der Waals surface area contributed by atoms with Crippen molar-refractivity contribution in [2.75, 3.05) is 0 Å². The van der Waals surface area contributed by atoms with Crippen LogP contribution in [0.15, 0.2) is 30.3 Å². The van der Waals surface area contributed by atoms with E-state index in [0.717, 1.165) is 18.4 Å². The first-order valence-corrected chi connectivity index (χ1v) is 5.00. The van der Waals surface area contributed by atoms with Gasteiger partial charge >= 0.3 is 5.97 Å². The summed E-state index contributed by atoms with van der Waals surface area (Å²) in [6.07, 6.45) is 2.20. The van der Waals surface area contributed by atoms with Gasteiger partial charge in [0.2, 0.25) is 0 Å². The minimum absolute atomic E-state index is 0.165. The molecule has 0 saturated heterocycles. The Kier molecular flexibility index (Phi) is 4.17. The van der Waals surface area contributed by atoms with Crippen LogP contribution in [0.3, 0.4) is 0 Å². The molecule has 76 valence electrons. The van der Waals surface area contributed by atoms with Gasteiger partial charge in [0.15, 0.2) is 0 Å². The first-order chi connectivity index (χ1) is 6.74. The van der Waals surface area contributed by atoms with Gasteiger partial charge in [-0.25, -0.2) is 0 Å². The summed E-state index contributed by atoms with van der Waals surface area (Å²) in [7, 11) is 0. The van der Waals surface area contributed by atoms with Crippen LogP contribution in [0.25, 0.3) is 0 Å². The summed E-state index contributed by atoms with van der Waals surface area (Å²) in [5, 5.41) is 8.77. The number of carboxylic acid groups (broad SMARTS) is 1. The molecule has 1 unspecified atom stereocenters. The molecular formula is C12H16O2. The van der Waals surface area contributed by atoms with Gasteiger partial charge in [-0.2, -0.15) is 0 Å². The van der Waals surface area contributed by atoms with Crippen molar-refractivity contribution in [1.82, 2.24) is 0 Å². The highest BCUT2D eigenvalue weighted by Gasteiger charge is 2.13. The Morgan fingerprint density at radius 1 is 1.36 bits per heavy atom. The second-order valence-corrected chi connectivity index (χ2v) is 3.49. The molecule has 0 aliphatic rings. The van der Waals surface area contributed by atoms with Crippen LogP contribution in [0.2, 0.25) is 0 Å². The second kappa shape index (κ2) is 5.43. The van der Waals surface area contributed by atoms with Crippen molar-refractivity contribution in [3.63, 3.8) is 0 Å². The molecule has 1 aromatic rings. The van der Waals surface area contributed by atoms with E-state index in [2.05, 4.69) is 6.92 Å². The zero-order valence-electron chi connectivity index (χ0n) is 8.44. The minimum Gasteiger partial charge on any atom is -0.481 e. The molecule has 2 nitrogen and oxygen atoms in total. The third-order valence-corrected chi connectivity index (χ3v) is 2.33. The van der Waals surface area contributed by atoms with Gasteiger partial charge < -0.3 is 5.11 Å². The molecule has 0 spiro atoms. The normalized spacial score (nSPS) is 12.4. The highest BCUT2D eigenvalue weighted by molar-refractivity contribution is 5.68. The summed E-state index contributed by atoms with van der Waals surface area (Å²) in [5.41, 5.74) is 1.14. The number of benzene rings is 1. The van der Waals surface area contributed by atoms with Gasteiger partial charge in [0.05, 0.1) is 6.42 Å². The lowest BCUT2D eigenvalue weighted by Crippen LogP contribution is -2.05. The van der Waals surface area contributed by atoms with Crippen molar-refractivity contribution >= 4 is 5.97 Å². The third-order valence-electron chi connectivity index (χ3n) is 2.33. The lowest BCUT2D eigenvalue weighted by Gasteiger charge is -2.13. The smallest absolute Gasteiger partial charge is 0.303 e. The van der Waals surface area contributed by atoms with Crippen LogP contribution >= 0.6 is 0 Å². The fourth-order valence-electron chi connectivity index (χ4n) is 1.67. The van der Waals surface area contributed by atoms with E-state index in [0.29, 0.717) is 0 Å². The molecule has 1 N–H and O–H groups in total. The van der Waals surface area contributed by atoms with Crippen LogP contribution in [-0.2, 0) is 4.79 Å². The first kappa shape index (κ1) is 10.8. The van der Waals surface area contributed by atoms with E-state index >= 15 is 0 Å². The summed E-state index contributed by atoms with van der Waals surface area (Å²) >= 11 is 0. The molecule has 0 bridgehead atoms. The van der Waals surface area contributed by atoms with E-state index in [9.17, 15) is 4.79 Å². The molecule has 14 heavy (non-hydrogen) atoms. The zero-order chi connectivity index (χ0) is 10.4. The molecule has 0 heterocycles. The number of hydrogen-bond donors (Lipinski definition) is 1. The zero-order valence-corrected chi connectivity index (χ0v) is 8.44. The van der Waals surface area contributed by atoms with Crippen LogP contribution in [-0.4, -0.2) is 11.1 Å². The van der Waals surface area contributed by atoms with Gasteiger partial charge in [0.1, 0.15) is 0 Å². The molecule has 0 aromatic heterocycles. The molecule has 0 aliphatic carbocycles. The van der Waals surface area contributed by atoms with Gasteiger partial charge in [0, 0.05) is 0 Å². The molecular weight excluding hydrogens is 176 g/mol. The van der Waals surface area contributed by atoms with E-state index < -0.39 is 5.97 Å².